The van der Waals surface area contributed by atoms with Gasteiger partial charge in [0, 0.05) is 5.02 Å². The lowest BCUT2D eigenvalue weighted by Crippen LogP contribution is -2.08. The molecule has 0 saturated heterocycles. The van der Waals surface area contributed by atoms with Crippen LogP contribution in [0.4, 0.5) is 5.69 Å². The van der Waals surface area contributed by atoms with Crippen LogP contribution in [0.15, 0.2) is 53.9 Å². The van der Waals surface area contributed by atoms with E-state index in [9.17, 15) is 8.42 Å². The van der Waals surface area contributed by atoms with E-state index in [0.29, 0.717) is 10.7 Å². The van der Waals surface area contributed by atoms with Gasteiger partial charge in [-0.25, -0.2) is 8.42 Å². The Bertz CT molecular complexity index is 725. The lowest BCUT2D eigenvalue weighted by Gasteiger charge is -2.06. The van der Waals surface area contributed by atoms with Crippen LogP contribution in [0, 0.1) is 6.92 Å². The Morgan fingerprint density at radius 3 is 2.45 bits per heavy atom. The molecule has 0 atom stereocenters. The van der Waals surface area contributed by atoms with Crippen LogP contribution in [0.5, 0.6) is 0 Å². The molecule has 1 N–H and O–H groups in total. The summed E-state index contributed by atoms with van der Waals surface area (Å²) in [5.41, 5.74) is 2.16. The zero-order chi connectivity index (χ0) is 14.6. The summed E-state index contributed by atoms with van der Waals surface area (Å²) in [4.78, 5) is 0. The van der Waals surface area contributed by atoms with Gasteiger partial charge in [0.15, 0.2) is 0 Å². The number of hydrogen-bond donors (Lipinski definition) is 1. The summed E-state index contributed by atoms with van der Waals surface area (Å²) in [6.45, 7) is 1.86. The summed E-state index contributed by atoms with van der Waals surface area (Å²) in [5.74, 6) is 0. The van der Waals surface area contributed by atoms with Gasteiger partial charge in [-0.05, 0) is 36.3 Å². The van der Waals surface area contributed by atoms with Gasteiger partial charge in [0.1, 0.15) is 0 Å². The third kappa shape index (κ3) is 4.11. The van der Waals surface area contributed by atoms with Crippen LogP contribution in [0.1, 0.15) is 11.1 Å². The van der Waals surface area contributed by atoms with Gasteiger partial charge < -0.3 is 0 Å². The molecule has 0 heterocycles. The number of halogens is 1. The van der Waals surface area contributed by atoms with Crippen molar-refractivity contribution in [3.8, 4) is 0 Å². The molecule has 3 nitrogen and oxygen atoms in total. The molecule has 0 aromatic heterocycles. The van der Waals surface area contributed by atoms with Crippen molar-refractivity contribution in [2.45, 2.75) is 6.92 Å². The number of anilines is 1. The van der Waals surface area contributed by atoms with Crippen LogP contribution < -0.4 is 4.72 Å². The summed E-state index contributed by atoms with van der Waals surface area (Å²) < 4.78 is 26.3. The van der Waals surface area contributed by atoms with Crippen molar-refractivity contribution in [2.75, 3.05) is 4.72 Å². The van der Waals surface area contributed by atoms with Crippen LogP contribution in [-0.4, -0.2) is 8.42 Å². The largest absolute Gasteiger partial charge is 0.280 e. The van der Waals surface area contributed by atoms with Crippen molar-refractivity contribution >= 4 is 33.4 Å². The molecule has 20 heavy (non-hydrogen) atoms. The molecule has 2 aromatic carbocycles. The molecule has 5 heteroatoms. The fourth-order valence-corrected chi connectivity index (χ4v) is 2.63. The minimum Gasteiger partial charge on any atom is -0.280 e. The predicted octanol–water partition coefficient (Wildman–Crippen LogP) is 4.06. The highest BCUT2D eigenvalue weighted by atomic mass is 35.5. The average Bonchev–Trinajstić information content (AvgIpc) is 2.42. The summed E-state index contributed by atoms with van der Waals surface area (Å²) in [6.07, 6.45) is 1.54. The van der Waals surface area contributed by atoms with E-state index >= 15 is 0 Å². The Balaban J connectivity index is 2.15. The normalized spacial score (nSPS) is 11.7. The first-order chi connectivity index (χ1) is 9.46. The molecule has 0 bridgehead atoms. The first kappa shape index (κ1) is 14.6. The molecule has 0 spiro atoms. The highest BCUT2D eigenvalue weighted by molar-refractivity contribution is 7.95. The van der Waals surface area contributed by atoms with Crippen molar-refractivity contribution in [1.82, 2.24) is 0 Å². The first-order valence-electron chi connectivity index (χ1n) is 5.98. The molecule has 0 fully saturated rings. The molecular formula is C15H14ClNO2S. The summed E-state index contributed by atoms with van der Waals surface area (Å²) in [5, 5.41) is 1.66. The molecule has 2 aromatic rings. The van der Waals surface area contributed by atoms with E-state index in [1.807, 2.05) is 37.3 Å². The quantitative estimate of drug-likeness (QED) is 0.926. The molecular weight excluding hydrogens is 294 g/mol. The zero-order valence-corrected chi connectivity index (χ0v) is 12.4. The van der Waals surface area contributed by atoms with Gasteiger partial charge >= 0.3 is 0 Å². The molecule has 0 amide bonds. The van der Waals surface area contributed by atoms with Crippen molar-refractivity contribution in [2.24, 2.45) is 0 Å². The smallest absolute Gasteiger partial charge is 0.255 e. The highest BCUT2D eigenvalue weighted by Crippen LogP contribution is 2.21. The van der Waals surface area contributed by atoms with E-state index in [4.69, 9.17) is 11.6 Å². The minimum absolute atomic E-state index is 0.443. The first-order valence-corrected chi connectivity index (χ1v) is 7.91. The number of hydrogen-bond acceptors (Lipinski definition) is 2. The summed E-state index contributed by atoms with van der Waals surface area (Å²) in [7, 11) is -3.55. The van der Waals surface area contributed by atoms with E-state index in [1.165, 1.54) is 6.08 Å². The second kappa shape index (κ2) is 6.11. The Morgan fingerprint density at radius 1 is 1.10 bits per heavy atom. The number of nitrogens with one attached hydrogen (secondary N) is 1. The highest BCUT2D eigenvalue weighted by Gasteiger charge is 2.06. The lowest BCUT2D eigenvalue weighted by molar-refractivity contribution is 0.609. The second-order valence-corrected chi connectivity index (χ2v) is 6.30. The van der Waals surface area contributed by atoms with Crippen molar-refractivity contribution in [3.05, 3.63) is 70.1 Å². The number of rotatable bonds is 4. The minimum atomic E-state index is -3.55. The predicted molar refractivity (Wildman–Crippen MR) is 84.2 cm³/mol. The number of aryl methyl sites for hydroxylation is 1. The second-order valence-electron chi connectivity index (χ2n) is 4.32. The zero-order valence-electron chi connectivity index (χ0n) is 10.9. The molecule has 0 saturated carbocycles. The van der Waals surface area contributed by atoms with E-state index in [1.54, 1.807) is 18.2 Å². The Hall–Kier alpha value is -1.78. The van der Waals surface area contributed by atoms with E-state index < -0.39 is 10.0 Å². The summed E-state index contributed by atoms with van der Waals surface area (Å²) in [6, 6.07) is 14.3. The lowest BCUT2D eigenvalue weighted by atomic mass is 10.2. The van der Waals surface area contributed by atoms with Gasteiger partial charge in [-0.2, -0.15) is 0 Å². The van der Waals surface area contributed by atoms with Gasteiger partial charge in [-0.15, -0.1) is 0 Å². The summed E-state index contributed by atoms with van der Waals surface area (Å²) >= 11 is 5.96. The van der Waals surface area contributed by atoms with Crippen molar-refractivity contribution in [1.29, 1.82) is 0 Å². The molecule has 0 aliphatic rings. The average molecular weight is 308 g/mol. The fourth-order valence-electron chi connectivity index (χ4n) is 1.59. The maximum absolute atomic E-state index is 11.9. The van der Waals surface area contributed by atoms with Gasteiger partial charge in [-0.1, -0.05) is 48.0 Å². The Labute approximate surface area is 124 Å². The number of benzene rings is 2. The van der Waals surface area contributed by atoms with E-state index in [2.05, 4.69) is 4.72 Å². The third-order valence-corrected chi connectivity index (χ3v) is 4.09. The van der Waals surface area contributed by atoms with Gasteiger partial charge in [0.25, 0.3) is 10.0 Å². The standard InChI is InChI=1S/C15H14ClNO2S/c1-12-7-8-14(11-15(12)16)17-20(18,19)10-9-13-5-3-2-4-6-13/h2-11,17H,1H3/b10-9+. The maximum atomic E-state index is 11.9. The monoisotopic (exact) mass is 307 g/mol. The van der Waals surface area contributed by atoms with Gasteiger partial charge in [0.05, 0.1) is 11.1 Å². The van der Waals surface area contributed by atoms with Gasteiger partial charge in [-0.3, -0.25) is 4.72 Å². The molecule has 0 aliphatic carbocycles. The van der Waals surface area contributed by atoms with Crippen molar-refractivity contribution < 1.29 is 8.42 Å². The van der Waals surface area contributed by atoms with Crippen LogP contribution in [-0.2, 0) is 10.0 Å². The molecule has 0 radical (unpaired) electrons. The molecule has 2 rings (SSSR count). The van der Waals surface area contributed by atoms with E-state index in [0.717, 1.165) is 16.5 Å². The van der Waals surface area contributed by atoms with Crippen LogP contribution in [0.2, 0.25) is 5.02 Å². The number of sulfonamides is 1. The Morgan fingerprint density at radius 2 is 1.80 bits per heavy atom. The molecule has 0 aliphatic heterocycles. The molecule has 0 unspecified atom stereocenters. The van der Waals surface area contributed by atoms with Crippen LogP contribution in [0.3, 0.4) is 0 Å². The van der Waals surface area contributed by atoms with E-state index in [-0.39, 0.29) is 0 Å². The van der Waals surface area contributed by atoms with Crippen LogP contribution in [0.25, 0.3) is 6.08 Å². The topological polar surface area (TPSA) is 46.2 Å². The van der Waals surface area contributed by atoms with Crippen molar-refractivity contribution in [3.63, 3.8) is 0 Å². The Kier molecular flexibility index (Phi) is 4.47. The molecule has 104 valence electrons. The fraction of sp³-hybridized carbons (Fsp3) is 0.0667. The third-order valence-electron chi connectivity index (χ3n) is 2.67. The van der Waals surface area contributed by atoms with Gasteiger partial charge in [0.2, 0.25) is 0 Å². The SMILES string of the molecule is Cc1ccc(NS(=O)(=O)/C=C/c2ccccc2)cc1Cl. The van der Waals surface area contributed by atoms with Crippen LogP contribution >= 0.6 is 11.6 Å². The maximum Gasteiger partial charge on any atom is 0.255 e.